The quantitative estimate of drug-likeness (QED) is 0.514. The van der Waals surface area contributed by atoms with Gasteiger partial charge >= 0.3 is 6.03 Å². The molecular formula is C25H24N6O2. The maximum Gasteiger partial charge on any atom is 0.318 e. The van der Waals surface area contributed by atoms with Crippen molar-refractivity contribution in [1.29, 1.82) is 0 Å². The Morgan fingerprint density at radius 1 is 0.939 bits per heavy atom. The molecule has 1 atom stereocenters. The van der Waals surface area contributed by atoms with Gasteiger partial charge < -0.3 is 10.2 Å². The van der Waals surface area contributed by atoms with Crippen molar-refractivity contribution in [2.75, 3.05) is 6.54 Å². The molecule has 0 bridgehead atoms. The Balaban J connectivity index is 1.62. The Bertz CT molecular complexity index is 1350. The fourth-order valence-electron chi connectivity index (χ4n) is 4.19. The van der Waals surface area contributed by atoms with E-state index in [1.807, 2.05) is 61.5 Å². The summed E-state index contributed by atoms with van der Waals surface area (Å²) < 4.78 is 1.64. The predicted molar refractivity (Wildman–Crippen MR) is 125 cm³/mol. The standard InChI is InChI=1S/C25H24N6O2/c1-17-7-9-19(10-8-17)15-30-20(11-12-28-25(30)33)23-29-22-21(26-13-14-27-22)24(32)31(23)16-18-5-3-2-4-6-18/h2-10,13-14,20H,11-12,15-16H2,1H3,(H,28,33). The molecular weight excluding hydrogens is 416 g/mol. The molecule has 1 aliphatic rings. The van der Waals surface area contributed by atoms with Crippen LogP contribution in [0, 0.1) is 6.92 Å². The van der Waals surface area contributed by atoms with Gasteiger partial charge in [-0.15, -0.1) is 0 Å². The predicted octanol–water partition coefficient (Wildman–Crippen LogP) is 3.20. The zero-order valence-electron chi connectivity index (χ0n) is 18.3. The molecule has 0 aliphatic carbocycles. The maximum absolute atomic E-state index is 13.5. The van der Waals surface area contributed by atoms with Gasteiger partial charge in [0, 0.05) is 25.5 Å². The van der Waals surface area contributed by atoms with Crippen LogP contribution < -0.4 is 10.9 Å². The molecule has 8 nitrogen and oxygen atoms in total. The lowest BCUT2D eigenvalue weighted by molar-refractivity contribution is 0.144. The Labute approximate surface area is 190 Å². The van der Waals surface area contributed by atoms with Gasteiger partial charge in [0.25, 0.3) is 5.56 Å². The molecule has 1 aliphatic heterocycles. The summed E-state index contributed by atoms with van der Waals surface area (Å²) in [6, 6.07) is 17.3. The summed E-state index contributed by atoms with van der Waals surface area (Å²) >= 11 is 0. The average Bonchev–Trinajstić information content (AvgIpc) is 2.84. The van der Waals surface area contributed by atoms with Crippen LogP contribution in [0.5, 0.6) is 0 Å². The smallest absolute Gasteiger partial charge is 0.318 e. The van der Waals surface area contributed by atoms with Crippen LogP contribution in [0.15, 0.2) is 71.8 Å². The fourth-order valence-corrected chi connectivity index (χ4v) is 4.19. The van der Waals surface area contributed by atoms with E-state index in [1.165, 1.54) is 12.4 Å². The Morgan fingerprint density at radius 2 is 1.67 bits per heavy atom. The number of hydrogen-bond donors (Lipinski definition) is 1. The second kappa shape index (κ2) is 8.82. The highest BCUT2D eigenvalue weighted by Crippen LogP contribution is 2.28. The van der Waals surface area contributed by atoms with Crippen LogP contribution in [0.25, 0.3) is 11.2 Å². The zero-order valence-corrected chi connectivity index (χ0v) is 18.3. The highest BCUT2D eigenvalue weighted by molar-refractivity contribution is 5.75. The first-order chi connectivity index (χ1) is 16.1. The molecule has 5 rings (SSSR count). The Hall–Kier alpha value is -4.07. The molecule has 2 aromatic heterocycles. The van der Waals surface area contributed by atoms with E-state index in [4.69, 9.17) is 4.98 Å². The second-order valence-corrected chi connectivity index (χ2v) is 8.23. The van der Waals surface area contributed by atoms with E-state index in [2.05, 4.69) is 15.3 Å². The number of carbonyl (C=O) groups excluding carboxylic acids is 1. The number of nitrogens with one attached hydrogen (secondary N) is 1. The van der Waals surface area contributed by atoms with Gasteiger partial charge in [-0.1, -0.05) is 60.2 Å². The first-order valence-electron chi connectivity index (χ1n) is 11.0. The third kappa shape index (κ3) is 4.19. The highest BCUT2D eigenvalue weighted by atomic mass is 16.2. The monoisotopic (exact) mass is 440 g/mol. The first kappa shape index (κ1) is 20.8. The minimum atomic E-state index is -0.372. The molecule has 33 heavy (non-hydrogen) atoms. The van der Waals surface area contributed by atoms with Crippen LogP contribution >= 0.6 is 0 Å². The third-order valence-corrected chi connectivity index (χ3v) is 5.91. The largest absolute Gasteiger partial charge is 0.338 e. The van der Waals surface area contributed by atoms with Gasteiger partial charge in [-0.25, -0.2) is 19.7 Å². The van der Waals surface area contributed by atoms with Crippen molar-refractivity contribution in [3.63, 3.8) is 0 Å². The molecule has 2 aromatic carbocycles. The van der Waals surface area contributed by atoms with Gasteiger partial charge in [0.1, 0.15) is 5.82 Å². The van der Waals surface area contributed by atoms with Gasteiger partial charge in [-0.05, 0) is 24.5 Å². The Kier molecular flexibility index (Phi) is 5.56. The van der Waals surface area contributed by atoms with Crippen LogP contribution in [-0.2, 0) is 13.1 Å². The van der Waals surface area contributed by atoms with Crippen LogP contribution in [0.3, 0.4) is 0 Å². The van der Waals surface area contributed by atoms with Gasteiger partial charge in [0.15, 0.2) is 11.2 Å². The number of carbonyl (C=O) groups is 1. The number of urea groups is 1. The number of rotatable bonds is 5. The maximum atomic E-state index is 13.5. The number of nitrogens with zero attached hydrogens (tertiary/aromatic N) is 5. The lowest BCUT2D eigenvalue weighted by Crippen LogP contribution is -2.49. The molecule has 0 spiro atoms. The highest BCUT2D eigenvalue weighted by Gasteiger charge is 2.33. The first-order valence-corrected chi connectivity index (χ1v) is 11.0. The molecule has 1 N–H and O–H groups in total. The SMILES string of the molecule is Cc1ccc(CN2C(=O)NCCC2c2nc3nccnc3c(=O)n2Cc2ccccc2)cc1. The second-order valence-electron chi connectivity index (χ2n) is 8.23. The van der Waals surface area contributed by atoms with Crippen molar-refractivity contribution in [2.45, 2.75) is 32.5 Å². The number of aromatic nitrogens is 4. The lowest BCUT2D eigenvalue weighted by atomic mass is 10.1. The molecule has 1 unspecified atom stereocenters. The van der Waals surface area contributed by atoms with Crippen molar-refractivity contribution in [3.8, 4) is 0 Å². The van der Waals surface area contributed by atoms with E-state index < -0.39 is 0 Å². The van der Waals surface area contributed by atoms with Crippen molar-refractivity contribution in [3.05, 3.63) is 99.9 Å². The summed E-state index contributed by atoms with van der Waals surface area (Å²) in [5.74, 6) is 0.527. The number of amides is 2. The minimum absolute atomic E-state index is 0.174. The molecule has 0 radical (unpaired) electrons. The number of aryl methyl sites for hydroxylation is 1. The van der Waals surface area contributed by atoms with Crippen LogP contribution in [0.1, 0.15) is 35.0 Å². The summed E-state index contributed by atoms with van der Waals surface area (Å²) in [7, 11) is 0. The van der Waals surface area contributed by atoms with Crippen molar-refractivity contribution >= 4 is 17.2 Å². The van der Waals surface area contributed by atoms with Crippen LogP contribution in [0.2, 0.25) is 0 Å². The molecule has 3 heterocycles. The van der Waals surface area contributed by atoms with E-state index >= 15 is 0 Å². The number of hydrogen-bond acceptors (Lipinski definition) is 5. The summed E-state index contributed by atoms with van der Waals surface area (Å²) in [5, 5.41) is 2.93. The normalized spacial score (nSPS) is 16.1. The van der Waals surface area contributed by atoms with E-state index in [1.54, 1.807) is 9.47 Å². The third-order valence-electron chi connectivity index (χ3n) is 5.91. The number of benzene rings is 2. The molecule has 4 aromatic rings. The molecule has 1 saturated heterocycles. The van der Waals surface area contributed by atoms with E-state index in [-0.39, 0.29) is 23.1 Å². The lowest BCUT2D eigenvalue weighted by Gasteiger charge is -2.36. The molecule has 0 saturated carbocycles. The summed E-state index contributed by atoms with van der Waals surface area (Å²) in [5.41, 5.74) is 3.40. The summed E-state index contributed by atoms with van der Waals surface area (Å²) in [6.07, 6.45) is 3.65. The van der Waals surface area contributed by atoms with Crippen molar-refractivity contribution < 1.29 is 4.79 Å². The van der Waals surface area contributed by atoms with Crippen molar-refractivity contribution in [1.82, 2.24) is 29.7 Å². The molecule has 166 valence electrons. The van der Waals surface area contributed by atoms with E-state index in [0.29, 0.717) is 37.5 Å². The van der Waals surface area contributed by atoms with Gasteiger partial charge in [0.2, 0.25) is 0 Å². The van der Waals surface area contributed by atoms with E-state index in [0.717, 1.165) is 16.7 Å². The summed E-state index contributed by atoms with van der Waals surface area (Å²) in [6.45, 7) is 3.29. The Morgan fingerprint density at radius 3 is 2.45 bits per heavy atom. The minimum Gasteiger partial charge on any atom is -0.338 e. The average molecular weight is 441 g/mol. The number of fused-ring (bicyclic) bond motifs is 1. The van der Waals surface area contributed by atoms with E-state index in [9.17, 15) is 9.59 Å². The fraction of sp³-hybridized carbons (Fsp3) is 0.240. The van der Waals surface area contributed by atoms with Crippen LogP contribution in [-0.4, -0.2) is 37.0 Å². The van der Waals surface area contributed by atoms with Gasteiger partial charge in [-0.3, -0.25) is 9.36 Å². The zero-order chi connectivity index (χ0) is 22.8. The summed E-state index contributed by atoms with van der Waals surface area (Å²) in [4.78, 5) is 41.4. The van der Waals surface area contributed by atoms with Gasteiger partial charge in [0.05, 0.1) is 12.6 Å². The molecule has 2 amide bonds. The molecule has 8 heteroatoms. The van der Waals surface area contributed by atoms with Crippen LogP contribution in [0.4, 0.5) is 4.79 Å². The molecule has 1 fully saturated rings. The van der Waals surface area contributed by atoms with Gasteiger partial charge in [-0.2, -0.15) is 0 Å². The van der Waals surface area contributed by atoms with Crippen molar-refractivity contribution in [2.24, 2.45) is 0 Å². The topological polar surface area (TPSA) is 93.0 Å².